The molecule has 0 heterocycles. The molecule has 0 amide bonds. The van der Waals surface area contributed by atoms with Gasteiger partial charge in [0.15, 0.2) is 0 Å². The Hall–Kier alpha value is -6.70. The maximum Gasteiger partial charge on any atom is 0.0468 e. The molecule has 0 bridgehead atoms. The molecule has 0 spiro atoms. The van der Waals surface area contributed by atoms with Crippen molar-refractivity contribution in [1.29, 1.82) is 0 Å². The zero-order chi connectivity index (χ0) is 33.7. The van der Waals surface area contributed by atoms with Crippen molar-refractivity contribution in [2.45, 2.75) is 0 Å². The summed E-state index contributed by atoms with van der Waals surface area (Å²) in [4.78, 5) is 2.32. The van der Waals surface area contributed by atoms with E-state index in [1.807, 2.05) is 0 Å². The molecule has 0 aliphatic heterocycles. The van der Waals surface area contributed by atoms with Crippen LogP contribution in [0, 0.1) is 0 Å². The van der Waals surface area contributed by atoms with Crippen molar-refractivity contribution in [2.24, 2.45) is 0 Å². The zero-order valence-corrected chi connectivity index (χ0v) is 28.0. The number of rotatable bonds is 5. The summed E-state index contributed by atoms with van der Waals surface area (Å²) in [5.74, 6) is 0. The molecule has 238 valence electrons. The number of nitrogens with zero attached hydrogens (tertiary/aromatic N) is 1. The number of hydrogen-bond acceptors (Lipinski definition) is 1. The molecule has 0 atom stereocenters. The van der Waals surface area contributed by atoms with Crippen molar-refractivity contribution < 1.29 is 0 Å². The SMILES string of the molecule is c1ccc(N(c2ccccc2)c2ccc3cc(-c4cc5cc(-c6ccc7ccccc7c6)c6ccccc6c5c5ccccc45)ccc3c2)cc1. The van der Waals surface area contributed by atoms with E-state index in [9.17, 15) is 0 Å². The van der Waals surface area contributed by atoms with Gasteiger partial charge in [-0.25, -0.2) is 0 Å². The minimum Gasteiger partial charge on any atom is -0.310 e. The molecule has 0 radical (unpaired) electrons. The molecule has 51 heavy (non-hydrogen) atoms. The number of anilines is 3. The van der Waals surface area contributed by atoms with E-state index in [1.54, 1.807) is 0 Å². The van der Waals surface area contributed by atoms with Crippen LogP contribution in [0.5, 0.6) is 0 Å². The number of benzene rings is 10. The largest absolute Gasteiger partial charge is 0.310 e. The van der Waals surface area contributed by atoms with Crippen molar-refractivity contribution in [3.05, 3.63) is 200 Å². The van der Waals surface area contributed by atoms with Gasteiger partial charge in [0.2, 0.25) is 0 Å². The summed E-state index contributed by atoms with van der Waals surface area (Å²) in [5.41, 5.74) is 8.38. The molecule has 10 rings (SSSR count). The molecule has 0 N–H and O–H groups in total. The summed E-state index contributed by atoms with van der Waals surface area (Å²) in [7, 11) is 0. The Balaban J connectivity index is 1.15. The van der Waals surface area contributed by atoms with Gasteiger partial charge in [0, 0.05) is 17.1 Å². The van der Waals surface area contributed by atoms with Gasteiger partial charge in [0.25, 0.3) is 0 Å². The van der Waals surface area contributed by atoms with Gasteiger partial charge in [-0.15, -0.1) is 0 Å². The summed E-state index contributed by atoms with van der Waals surface area (Å²) >= 11 is 0. The lowest BCUT2D eigenvalue weighted by atomic mass is 9.87. The van der Waals surface area contributed by atoms with Crippen LogP contribution in [-0.2, 0) is 0 Å². The molecule has 0 aromatic heterocycles. The lowest BCUT2D eigenvalue weighted by molar-refractivity contribution is 1.29. The van der Waals surface area contributed by atoms with E-state index in [0.29, 0.717) is 0 Å². The summed E-state index contributed by atoms with van der Waals surface area (Å²) in [6.07, 6.45) is 0. The Morgan fingerprint density at radius 3 is 1.27 bits per heavy atom. The highest BCUT2D eigenvalue weighted by molar-refractivity contribution is 6.26. The number of hydrogen-bond donors (Lipinski definition) is 0. The Bertz CT molecular complexity index is 2870. The van der Waals surface area contributed by atoms with E-state index in [0.717, 1.165) is 17.1 Å². The van der Waals surface area contributed by atoms with Crippen LogP contribution in [0.2, 0.25) is 0 Å². The third kappa shape index (κ3) is 5.02. The Morgan fingerprint density at radius 2 is 0.686 bits per heavy atom. The van der Waals surface area contributed by atoms with Crippen molar-refractivity contribution in [3.8, 4) is 22.3 Å². The van der Waals surface area contributed by atoms with Crippen LogP contribution in [0.1, 0.15) is 0 Å². The van der Waals surface area contributed by atoms with Crippen LogP contribution in [0.4, 0.5) is 17.1 Å². The highest BCUT2D eigenvalue weighted by Crippen LogP contribution is 2.43. The molecule has 1 heteroatoms. The Morgan fingerprint density at radius 1 is 0.255 bits per heavy atom. The first kappa shape index (κ1) is 29.2. The quantitative estimate of drug-likeness (QED) is 0.168. The molecular weight excluding hydrogens is 615 g/mol. The number of fused-ring (bicyclic) bond motifs is 7. The predicted molar refractivity (Wildman–Crippen MR) is 220 cm³/mol. The first-order valence-corrected chi connectivity index (χ1v) is 17.6. The highest BCUT2D eigenvalue weighted by atomic mass is 15.1. The van der Waals surface area contributed by atoms with Crippen molar-refractivity contribution in [3.63, 3.8) is 0 Å². The fourth-order valence-electron chi connectivity index (χ4n) is 7.96. The van der Waals surface area contributed by atoms with Crippen LogP contribution >= 0.6 is 0 Å². The first-order valence-electron chi connectivity index (χ1n) is 17.6. The molecule has 0 saturated carbocycles. The molecule has 0 fully saturated rings. The lowest BCUT2D eigenvalue weighted by Gasteiger charge is -2.25. The second-order valence-corrected chi connectivity index (χ2v) is 13.4. The van der Waals surface area contributed by atoms with Gasteiger partial charge in [-0.1, -0.05) is 140 Å². The van der Waals surface area contributed by atoms with E-state index in [1.165, 1.54) is 76.1 Å². The van der Waals surface area contributed by atoms with E-state index in [4.69, 9.17) is 0 Å². The Kier molecular flexibility index (Phi) is 6.89. The van der Waals surface area contributed by atoms with E-state index < -0.39 is 0 Å². The molecule has 10 aromatic carbocycles. The third-order valence-corrected chi connectivity index (χ3v) is 10.3. The molecule has 10 aromatic rings. The normalized spacial score (nSPS) is 11.5. The maximum absolute atomic E-state index is 2.41. The highest BCUT2D eigenvalue weighted by Gasteiger charge is 2.16. The molecule has 0 saturated heterocycles. The van der Waals surface area contributed by atoms with Gasteiger partial charge >= 0.3 is 0 Å². The zero-order valence-electron chi connectivity index (χ0n) is 28.0. The van der Waals surface area contributed by atoms with E-state index in [2.05, 4.69) is 205 Å². The fraction of sp³-hybridized carbons (Fsp3) is 0. The molecule has 0 aliphatic carbocycles. The third-order valence-electron chi connectivity index (χ3n) is 10.3. The van der Waals surface area contributed by atoms with E-state index in [-0.39, 0.29) is 0 Å². The average Bonchev–Trinajstić information content (AvgIpc) is 3.20. The van der Waals surface area contributed by atoms with Gasteiger partial charge < -0.3 is 4.90 Å². The lowest BCUT2D eigenvalue weighted by Crippen LogP contribution is -2.09. The van der Waals surface area contributed by atoms with Crippen molar-refractivity contribution in [1.82, 2.24) is 0 Å². The van der Waals surface area contributed by atoms with Crippen LogP contribution in [0.15, 0.2) is 200 Å². The number of para-hydroxylation sites is 2. The fourth-order valence-corrected chi connectivity index (χ4v) is 7.96. The monoisotopic (exact) mass is 647 g/mol. The minimum absolute atomic E-state index is 1.14. The van der Waals surface area contributed by atoms with Gasteiger partial charge in [0.1, 0.15) is 0 Å². The van der Waals surface area contributed by atoms with Crippen LogP contribution < -0.4 is 4.90 Å². The van der Waals surface area contributed by atoms with Crippen molar-refractivity contribution in [2.75, 3.05) is 4.90 Å². The second kappa shape index (κ2) is 12.0. The van der Waals surface area contributed by atoms with Gasteiger partial charge in [-0.3, -0.25) is 0 Å². The summed E-state index contributed by atoms with van der Waals surface area (Å²) < 4.78 is 0. The smallest absolute Gasteiger partial charge is 0.0468 e. The van der Waals surface area contributed by atoms with Gasteiger partial charge in [-0.2, -0.15) is 0 Å². The summed E-state index contributed by atoms with van der Waals surface area (Å²) in [6.45, 7) is 0. The molecule has 0 unspecified atom stereocenters. The second-order valence-electron chi connectivity index (χ2n) is 13.4. The van der Waals surface area contributed by atoms with Gasteiger partial charge in [0.05, 0.1) is 0 Å². The van der Waals surface area contributed by atoms with Crippen LogP contribution in [0.25, 0.3) is 76.1 Å². The van der Waals surface area contributed by atoms with Crippen LogP contribution in [0.3, 0.4) is 0 Å². The Labute approximate surface area is 297 Å². The van der Waals surface area contributed by atoms with Crippen molar-refractivity contribution >= 4 is 70.9 Å². The molecular formula is C50H33N. The first-order chi connectivity index (χ1) is 25.3. The summed E-state index contributed by atoms with van der Waals surface area (Å²) in [6, 6.07) is 73.0. The van der Waals surface area contributed by atoms with Gasteiger partial charge in [-0.05, 0) is 137 Å². The van der Waals surface area contributed by atoms with E-state index >= 15 is 0 Å². The minimum atomic E-state index is 1.14. The summed E-state index contributed by atoms with van der Waals surface area (Å²) in [5, 5.41) is 12.6. The molecule has 0 aliphatic rings. The average molecular weight is 648 g/mol. The molecule has 1 nitrogen and oxygen atoms in total. The topological polar surface area (TPSA) is 3.24 Å². The standard InChI is InChI=1S/C50H33N/c1-3-15-41(16-4-1)51(42-17-5-2-6-18-42)43-28-27-36-30-39(26-24-37(36)31-43)49-33-40-32-48(38-25-23-34-13-7-8-14-35(34)29-38)44-19-9-11-21-46(44)50(40)47-22-12-10-20-45(47)49/h1-33H. The maximum atomic E-state index is 2.41. The predicted octanol–water partition coefficient (Wildman–Crippen LogP) is 14.3. The van der Waals surface area contributed by atoms with Crippen LogP contribution in [-0.4, -0.2) is 0 Å².